The zero-order valence-corrected chi connectivity index (χ0v) is 8.78. The van der Waals surface area contributed by atoms with Gasteiger partial charge >= 0.3 is 0 Å². The molecule has 0 fully saturated rings. The first-order valence-corrected chi connectivity index (χ1v) is 4.83. The normalized spacial score (nSPS) is 9.36. The number of rotatable bonds is 0. The highest BCUT2D eigenvalue weighted by Gasteiger charge is 1.98. The molecule has 1 aromatic carbocycles. The molecular formula is C12H15NO. The van der Waals surface area contributed by atoms with E-state index in [1.807, 2.05) is 45.0 Å². The smallest absolute Gasteiger partial charge is 0.141 e. The molecule has 0 aliphatic rings. The maximum atomic E-state index is 9.43. The third kappa shape index (κ3) is 2.02. The summed E-state index contributed by atoms with van der Waals surface area (Å²) in [6, 6.07) is 9.28. The van der Waals surface area contributed by atoms with Gasteiger partial charge in [-0.05, 0) is 19.1 Å². The van der Waals surface area contributed by atoms with Crippen molar-refractivity contribution in [1.82, 2.24) is 4.98 Å². The number of nitrogens with zero attached hydrogens (tertiary/aromatic N) is 1. The van der Waals surface area contributed by atoms with Gasteiger partial charge in [0.1, 0.15) is 11.3 Å². The predicted octanol–water partition coefficient (Wildman–Crippen LogP) is 3.28. The van der Waals surface area contributed by atoms with E-state index >= 15 is 0 Å². The fourth-order valence-electron chi connectivity index (χ4n) is 1.23. The second-order valence-corrected chi connectivity index (χ2v) is 2.80. The molecule has 2 nitrogen and oxygen atoms in total. The molecule has 0 saturated heterocycles. The van der Waals surface area contributed by atoms with Crippen molar-refractivity contribution in [3.05, 3.63) is 36.0 Å². The lowest BCUT2D eigenvalue weighted by Gasteiger charge is -1.99. The molecule has 0 saturated carbocycles. The molecule has 0 aliphatic carbocycles. The van der Waals surface area contributed by atoms with Crippen LogP contribution in [0.3, 0.4) is 0 Å². The molecule has 0 bridgehead atoms. The van der Waals surface area contributed by atoms with Crippen molar-refractivity contribution >= 4 is 10.9 Å². The van der Waals surface area contributed by atoms with Crippen molar-refractivity contribution in [2.45, 2.75) is 20.8 Å². The summed E-state index contributed by atoms with van der Waals surface area (Å²) >= 11 is 0. The summed E-state index contributed by atoms with van der Waals surface area (Å²) in [7, 11) is 0. The van der Waals surface area contributed by atoms with Crippen LogP contribution in [0.2, 0.25) is 0 Å². The van der Waals surface area contributed by atoms with E-state index in [1.165, 1.54) is 0 Å². The Morgan fingerprint density at radius 1 is 1.07 bits per heavy atom. The average Bonchev–Trinajstić information content (AvgIpc) is 2.22. The number of fused-ring (bicyclic) bond motifs is 1. The molecule has 2 aromatic rings. The molecule has 1 N–H and O–H groups in total. The summed E-state index contributed by atoms with van der Waals surface area (Å²) in [6.07, 6.45) is 0. The highest BCUT2D eigenvalue weighted by Crippen LogP contribution is 2.21. The van der Waals surface area contributed by atoms with E-state index in [0.717, 1.165) is 11.1 Å². The van der Waals surface area contributed by atoms with Gasteiger partial charge in [-0.2, -0.15) is 0 Å². The van der Waals surface area contributed by atoms with Gasteiger partial charge < -0.3 is 5.11 Å². The van der Waals surface area contributed by atoms with Gasteiger partial charge in [0.05, 0.1) is 0 Å². The van der Waals surface area contributed by atoms with Gasteiger partial charge in [0.25, 0.3) is 0 Å². The molecule has 0 aliphatic heterocycles. The van der Waals surface area contributed by atoms with Gasteiger partial charge in [0, 0.05) is 11.1 Å². The van der Waals surface area contributed by atoms with E-state index in [9.17, 15) is 5.11 Å². The van der Waals surface area contributed by atoms with Gasteiger partial charge in [0.15, 0.2) is 0 Å². The van der Waals surface area contributed by atoms with Crippen molar-refractivity contribution < 1.29 is 5.11 Å². The van der Waals surface area contributed by atoms with Crippen LogP contribution >= 0.6 is 0 Å². The van der Waals surface area contributed by atoms with E-state index in [-0.39, 0.29) is 5.75 Å². The number of aromatic nitrogens is 1. The summed E-state index contributed by atoms with van der Waals surface area (Å²) in [5.41, 5.74) is 1.60. The average molecular weight is 189 g/mol. The van der Waals surface area contributed by atoms with Crippen molar-refractivity contribution in [2.24, 2.45) is 0 Å². The van der Waals surface area contributed by atoms with E-state index in [4.69, 9.17) is 0 Å². The van der Waals surface area contributed by atoms with E-state index in [0.29, 0.717) is 5.52 Å². The zero-order chi connectivity index (χ0) is 10.6. The second kappa shape index (κ2) is 4.61. The predicted molar refractivity (Wildman–Crippen MR) is 59.5 cm³/mol. The highest BCUT2D eigenvalue weighted by atomic mass is 16.3. The first kappa shape index (κ1) is 10.5. The Kier molecular flexibility index (Phi) is 3.46. The first-order valence-electron chi connectivity index (χ1n) is 4.83. The van der Waals surface area contributed by atoms with Crippen LogP contribution < -0.4 is 0 Å². The van der Waals surface area contributed by atoms with Gasteiger partial charge in [0.2, 0.25) is 0 Å². The standard InChI is InChI=1S/C10H9NO.C2H6/c1-7-5-6-8-3-2-4-9(12)10(8)11-7;1-2/h2-6,12H,1H3;1-2H3. The fourth-order valence-corrected chi connectivity index (χ4v) is 1.23. The molecule has 2 rings (SSSR count). The van der Waals surface area contributed by atoms with Crippen LogP contribution in [0.4, 0.5) is 0 Å². The largest absolute Gasteiger partial charge is 0.506 e. The summed E-state index contributed by atoms with van der Waals surface area (Å²) < 4.78 is 0. The van der Waals surface area contributed by atoms with E-state index < -0.39 is 0 Å². The Bertz CT molecular complexity index is 424. The minimum Gasteiger partial charge on any atom is -0.506 e. The first-order chi connectivity index (χ1) is 6.77. The van der Waals surface area contributed by atoms with Crippen LogP contribution in [0.5, 0.6) is 5.75 Å². The van der Waals surface area contributed by atoms with Gasteiger partial charge in [-0.3, -0.25) is 0 Å². The molecule has 2 heteroatoms. The summed E-state index contributed by atoms with van der Waals surface area (Å²) in [5, 5.41) is 10.4. The number of para-hydroxylation sites is 1. The topological polar surface area (TPSA) is 33.1 Å². The maximum absolute atomic E-state index is 9.43. The molecule has 0 unspecified atom stereocenters. The van der Waals surface area contributed by atoms with Crippen LogP contribution in [-0.4, -0.2) is 10.1 Å². The van der Waals surface area contributed by atoms with Crippen molar-refractivity contribution in [1.29, 1.82) is 0 Å². The third-order valence-corrected chi connectivity index (χ3v) is 1.84. The van der Waals surface area contributed by atoms with E-state index in [1.54, 1.807) is 6.07 Å². The Morgan fingerprint density at radius 2 is 1.79 bits per heavy atom. The number of aryl methyl sites for hydroxylation is 1. The Hall–Kier alpha value is -1.57. The lowest BCUT2D eigenvalue weighted by atomic mass is 10.2. The quantitative estimate of drug-likeness (QED) is 0.690. The fraction of sp³-hybridized carbons (Fsp3) is 0.250. The molecule has 0 atom stereocenters. The van der Waals surface area contributed by atoms with Gasteiger partial charge in [-0.1, -0.05) is 32.0 Å². The summed E-state index contributed by atoms with van der Waals surface area (Å²) in [6.45, 7) is 5.91. The van der Waals surface area contributed by atoms with Gasteiger partial charge in [-0.15, -0.1) is 0 Å². The number of aromatic hydroxyl groups is 1. The molecular weight excluding hydrogens is 174 g/mol. The Labute approximate surface area is 84.2 Å². The lowest BCUT2D eigenvalue weighted by Crippen LogP contribution is -1.82. The number of pyridine rings is 1. The summed E-state index contributed by atoms with van der Waals surface area (Å²) in [5.74, 6) is 0.246. The number of hydrogen-bond donors (Lipinski definition) is 1. The van der Waals surface area contributed by atoms with Gasteiger partial charge in [-0.25, -0.2) is 4.98 Å². The van der Waals surface area contributed by atoms with Crippen LogP contribution in [0, 0.1) is 6.92 Å². The zero-order valence-electron chi connectivity index (χ0n) is 8.78. The Morgan fingerprint density at radius 3 is 2.50 bits per heavy atom. The van der Waals surface area contributed by atoms with Crippen molar-refractivity contribution in [3.8, 4) is 5.75 Å². The number of hydrogen-bond acceptors (Lipinski definition) is 2. The third-order valence-electron chi connectivity index (χ3n) is 1.84. The summed E-state index contributed by atoms with van der Waals surface area (Å²) in [4.78, 5) is 4.23. The van der Waals surface area contributed by atoms with E-state index in [2.05, 4.69) is 4.98 Å². The molecule has 1 heterocycles. The minimum absolute atomic E-state index is 0.246. The van der Waals surface area contributed by atoms with Crippen LogP contribution in [0.15, 0.2) is 30.3 Å². The SMILES string of the molecule is CC.Cc1ccc2cccc(O)c2n1. The molecule has 0 amide bonds. The monoisotopic (exact) mass is 189 g/mol. The number of phenols is 1. The molecule has 0 spiro atoms. The van der Waals surface area contributed by atoms with Crippen LogP contribution in [0.25, 0.3) is 10.9 Å². The highest BCUT2D eigenvalue weighted by molar-refractivity contribution is 5.84. The minimum atomic E-state index is 0.246. The molecule has 14 heavy (non-hydrogen) atoms. The second-order valence-electron chi connectivity index (χ2n) is 2.80. The molecule has 1 aromatic heterocycles. The Balaban J connectivity index is 0.000000461. The number of benzene rings is 1. The number of phenolic OH excluding ortho intramolecular Hbond substituents is 1. The van der Waals surface area contributed by atoms with Crippen molar-refractivity contribution in [2.75, 3.05) is 0 Å². The molecule has 74 valence electrons. The van der Waals surface area contributed by atoms with Crippen molar-refractivity contribution in [3.63, 3.8) is 0 Å². The lowest BCUT2D eigenvalue weighted by molar-refractivity contribution is 0.480. The maximum Gasteiger partial charge on any atom is 0.141 e. The molecule has 0 radical (unpaired) electrons. The van der Waals surface area contributed by atoms with Crippen LogP contribution in [0.1, 0.15) is 19.5 Å². The van der Waals surface area contributed by atoms with Crippen LogP contribution in [-0.2, 0) is 0 Å².